The van der Waals surface area contributed by atoms with Crippen molar-refractivity contribution in [2.45, 2.75) is 69.4 Å². The summed E-state index contributed by atoms with van der Waals surface area (Å²) in [6.07, 6.45) is 9.54. The Balaban J connectivity index is 0.00000168. The zero-order chi connectivity index (χ0) is 17.0. The van der Waals surface area contributed by atoms with E-state index in [9.17, 15) is 4.79 Å². The molecule has 0 radical (unpaired) electrons. The van der Waals surface area contributed by atoms with E-state index in [1.165, 1.54) is 62.7 Å². The summed E-state index contributed by atoms with van der Waals surface area (Å²) >= 11 is 0. The predicted molar refractivity (Wildman–Crippen MR) is 101 cm³/mol. The molecule has 3 nitrogen and oxygen atoms in total. The second-order valence-corrected chi connectivity index (χ2v) is 9.10. The summed E-state index contributed by atoms with van der Waals surface area (Å²) in [6, 6.07) is 9.94. The summed E-state index contributed by atoms with van der Waals surface area (Å²) in [5, 5.41) is 3.21. The zero-order valence-corrected chi connectivity index (χ0v) is 15.3. The van der Waals surface area contributed by atoms with Gasteiger partial charge in [0.15, 0.2) is 0 Å². The normalized spacial score (nSPS) is 35.9. The lowest BCUT2D eigenvalue weighted by Gasteiger charge is -2.44. The van der Waals surface area contributed by atoms with Crippen molar-refractivity contribution in [3.05, 3.63) is 35.4 Å². The fourth-order valence-electron chi connectivity index (χ4n) is 6.68. The van der Waals surface area contributed by atoms with Gasteiger partial charge in [0.2, 0.25) is 5.91 Å². The molecule has 2 bridgehead atoms. The lowest BCUT2D eigenvalue weighted by atomic mass is 9.73. The molecule has 1 heterocycles. The number of nitrogens with one attached hydrogen (secondary N) is 1. The van der Waals surface area contributed by atoms with Crippen LogP contribution in [0.2, 0.25) is 0 Å². The third kappa shape index (κ3) is 2.54. The Morgan fingerprint density at radius 2 is 2.00 bits per heavy atom. The van der Waals surface area contributed by atoms with Crippen LogP contribution in [0.3, 0.4) is 0 Å². The van der Waals surface area contributed by atoms with Gasteiger partial charge in [0.05, 0.1) is 6.04 Å². The molecule has 2 saturated carbocycles. The molecule has 136 valence electrons. The number of rotatable bonds is 2. The fraction of sp³-hybridized carbons (Fsp3) is 0.682. The van der Waals surface area contributed by atoms with Crippen LogP contribution < -0.4 is 5.32 Å². The average Bonchev–Trinajstić information content (AvgIpc) is 3.31. The van der Waals surface area contributed by atoms with Crippen molar-refractivity contribution in [2.75, 3.05) is 13.1 Å². The van der Waals surface area contributed by atoms with Crippen LogP contribution in [-0.2, 0) is 10.2 Å². The lowest BCUT2D eigenvalue weighted by Crippen LogP contribution is -2.48. The van der Waals surface area contributed by atoms with E-state index in [1.54, 1.807) is 6.92 Å². The Kier molecular flexibility index (Phi) is 3.70. The lowest BCUT2D eigenvalue weighted by molar-refractivity contribution is -0.119. The molecule has 1 aromatic carbocycles. The molecular weight excluding hydrogens is 308 g/mol. The van der Waals surface area contributed by atoms with E-state index in [4.69, 9.17) is 0 Å². The molecule has 3 heteroatoms. The SMILES string of the molecule is CC(=O)N[C@@H]1CC2(CCN([C@@H]3C[C@@H]4CC[C@@H]3C4)CC2)c2ccccc21.[HH]. The number of hydrogen-bond donors (Lipinski definition) is 1. The smallest absolute Gasteiger partial charge is 0.217 e. The van der Waals surface area contributed by atoms with Gasteiger partial charge in [-0.2, -0.15) is 0 Å². The maximum atomic E-state index is 11.7. The van der Waals surface area contributed by atoms with E-state index in [0.717, 1.165) is 24.3 Å². The molecule has 5 rings (SSSR count). The van der Waals surface area contributed by atoms with Crippen molar-refractivity contribution in [3.63, 3.8) is 0 Å². The van der Waals surface area contributed by atoms with E-state index in [1.807, 2.05) is 0 Å². The minimum Gasteiger partial charge on any atom is -0.349 e. The molecule has 1 spiro atoms. The van der Waals surface area contributed by atoms with Crippen molar-refractivity contribution < 1.29 is 6.22 Å². The Labute approximate surface area is 152 Å². The van der Waals surface area contributed by atoms with Crippen molar-refractivity contribution >= 4 is 5.91 Å². The van der Waals surface area contributed by atoms with E-state index >= 15 is 0 Å². The summed E-state index contributed by atoms with van der Waals surface area (Å²) in [5.74, 6) is 2.11. The molecule has 1 saturated heterocycles. The van der Waals surface area contributed by atoms with E-state index in [2.05, 4.69) is 34.5 Å². The highest BCUT2D eigenvalue weighted by molar-refractivity contribution is 5.73. The van der Waals surface area contributed by atoms with Gasteiger partial charge >= 0.3 is 0 Å². The van der Waals surface area contributed by atoms with Gasteiger partial charge in [-0.15, -0.1) is 0 Å². The highest BCUT2D eigenvalue weighted by atomic mass is 16.1. The second-order valence-electron chi connectivity index (χ2n) is 9.10. The summed E-state index contributed by atoms with van der Waals surface area (Å²) < 4.78 is 0. The summed E-state index contributed by atoms with van der Waals surface area (Å²) in [6.45, 7) is 4.13. The summed E-state index contributed by atoms with van der Waals surface area (Å²) in [7, 11) is 0. The van der Waals surface area contributed by atoms with Crippen LogP contribution in [0.5, 0.6) is 0 Å². The number of nitrogens with zero attached hydrogens (tertiary/aromatic N) is 1. The van der Waals surface area contributed by atoms with Gasteiger partial charge in [0.1, 0.15) is 0 Å². The molecule has 3 fully saturated rings. The van der Waals surface area contributed by atoms with Crippen LogP contribution in [-0.4, -0.2) is 29.9 Å². The minimum atomic E-state index is 0. The number of likely N-dealkylation sites (tertiary alicyclic amines) is 1. The number of fused-ring (bicyclic) bond motifs is 4. The standard InChI is InChI=1S/C22H30N2O.H2/c1-15(25)23-20-14-22(19-5-3-2-4-18(19)20)8-10-24(11-9-22)21-13-16-6-7-17(21)12-16;/h2-5,16-17,20-21H,6-14H2,1H3,(H,23,25);1H/t16-,17-,20-,21-;/m1./s1. The first-order valence-corrected chi connectivity index (χ1v) is 10.3. The van der Waals surface area contributed by atoms with Crippen LogP contribution in [0.15, 0.2) is 24.3 Å². The van der Waals surface area contributed by atoms with E-state index in [-0.39, 0.29) is 18.8 Å². The van der Waals surface area contributed by atoms with Crippen molar-refractivity contribution in [1.82, 2.24) is 10.2 Å². The first-order chi connectivity index (χ1) is 12.1. The molecule has 3 aliphatic carbocycles. The molecular formula is C22H32N2O. The minimum absolute atomic E-state index is 0. The van der Waals surface area contributed by atoms with Crippen molar-refractivity contribution in [2.24, 2.45) is 11.8 Å². The topological polar surface area (TPSA) is 32.3 Å². The number of piperidine rings is 1. The number of benzene rings is 1. The molecule has 1 aromatic rings. The molecule has 4 aliphatic rings. The maximum Gasteiger partial charge on any atom is 0.217 e. The van der Waals surface area contributed by atoms with Gasteiger partial charge in [-0.25, -0.2) is 0 Å². The summed E-state index contributed by atoms with van der Waals surface area (Å²) in [4.78, 5) is 14.5. The van der Waals surface area contributed by atoms with Gasteiger partial charge in [-0.05, 0) is 74.6 Å². The largest absolute Gasteiger partial charge is 0.349 e. The number of carbonyl (C=O) groups excluding carboxylic acids is 1. The number of hydrogen-bond acceptors (Lipinski definition) is 2. The van der Waals surface area contributed by atoms with Crippen molar-refractivity contribution in [3.8, 4) is 0 Å². The van der Waals surface area contributed by atoms with E-state index < -0.39 is 0 Å². The Morgan fingerprint density at radius 1 is 1.20 bits per heavy atom. The maximum absolute atomic E-state index is 11.7. The van der Waals surface area contributed by atoms with Crippen LogP contribution in [0.1, 0.15) is 70.5 Å². The van der Waals surface area contributed by atoms with Crippen molar-refractivity contribution in [1.29, 1.82) is 0 Å². The van der Waals surface area contributed by atoms with Crippen LogP contribution in [0.25, 0.3) is 0 Å². The first-order valence-electron chi connectivity index (χ1n) is 10.3. The first kappa shape index (κ1) is 15.9. The molecule has 1 aliphatic heterocycles. The molecule has 0 aromatic heterocycles. The third-order valence-electron chi connectivity index (χ3n) is 7.80. The highest BCUT2D eigenvalue weighted by Gasteiger charge is 2.48. The number of carbonyl (C=O) groups is 1. The van der Waals surface area contributed by atoms with Crippen LogP contribution in [0, 0.1) is 11.8 Å². The predicted octanol–water partition coefficient (Wildman–Crippen LogP) is 4.04. The van der Waals surface area contributed by atoms with E-state index in [0.29, 0.717) is 0 Å². The Morgan fingerprint density at radius 3 is 2.68 bits per heavy atom. The average molecular weight is 341 g/mol. The summed E-state index contributed by atoms with van der Waals surface area (Å²) in [5.41, 5.74) is 3.17. The molecule has 1 amide bonds. The van der Waals surface area contributed by atoms with Gasteiger partial charge < -0.3 is 10.2 Å². The van der Waals surface area contributed by atoms with Gasteiger partial charge in [-0.1, -0.05) is 30.7 Å². The molecule has 4 atom stereocenters. The highest BCUT2D eigenvalue weighted by Crippen LogP contribution is 2.53. The fourth-order valence-corrected chi connectivity index (χ4v) is 6.68. The Hall–Kier alpha value is -1.35. The molecule has 1 N–H and O–H groups in total. The monoisotopic (exact) mass is 340 g/mol. The number of amides is 1. The zero-order valence-electron chi connectivity index (χ0n) is 15.3. The van der Waals surface area contributed by atoms with Gasteiger partial charge in [-0.3, -0.25) is 4.79 Å². The quantitative estimate of drug-likeness (QED) is 0.881. The van der Waals surface area contributed by atoms with Gasteiger partial charge in [0.25, 0.3) is 0 Å². The third-order valence-corrected chi connectivity index (χ3v) is 7.80. The molecule has 0 unspecified atom stereocenters. The Bertz CT molecular complexity index is 682. The van der Waals surface area contributed by atoms with Gasteiger partial charge in [0, 0.05) is 19.8 Å². The van der Waals surface area contributed by atoms with Crippen LogP contribution in [0.4, 0.5) is 0 Å². The molecule has 25 heavy (non-hydrogen) atoms. The van der Waals surface area contributed by atoms with Crippen LogP contribution >= 0.6 is 0 Å². The second kappa shape index (κ2) is 5.84.